The molecule has 0 fully saturated rings. The highest BCUT2D eigenvalue weighted by molar-refractivity contribution is 6.31. The van der Waals surface area contributed by atoms with Gasteiger partial charge in [0, 0.05) is 23.6 Å². The molecular weight excluding hydrogens is 228 g/mol. The Bertz CT molecular complexity index is 380. The molecule has 16 heavy (non-hydrogen) atoms. The molecule has 0 saturated heterocycles. The molecule has 0 spiro atoms. The highest BCUT2D eigenvalue weighted by Crippen LogP contribution is 2.21. The third-order valence-corrected chi connectivity index (χ3v) is 2.53. The van der Waals surface area contributed by atoms with Gasteiger partial charge in [-0.3, -0.25) is 4.79 Å². The summed E-state index contributed by atoms with van der Waals surface area (Å²) in [7, 11) is 0. The number of hydrogen-bond acceptors (Lipinski definition) is 3. The van der Waals surface area contributed by atoms with Crippen LogP contribution in [0.3, 0.4) is 0 Å². The van der Waals surface area contributed by atoms with Crippen molar-refractivity contribution < 1.29 is 9.90 Å². The van der Waals surface area contributed by atoms with Crippen LogP contribution in [0.4, 0.5) is 0 Å². The van der Waals surface area contributed by atoms with Gasteiger partial charge < -0.3 is 16.2 Å². The largest absolute Gasteiger partial charge is 0.374 e. The first-order valence-corrected chi connectivity index (χ1v) is 5.41. The second kappa shape index (κ2) is 5.84. The molecule has 0 aliphatic carbocycles. The van der Waals surface area contributed by atoms with E-state index >= 15 is 0 Å². The number of aliphatic hydroxyl groups excluding tert-OH is 1. The quantitative estimate of drug-likeness (QED) is 0.697. The van der Waals surface area contributed by atoms with Crippen LogP contribution in [0, 0.1) is 0 Å². The molecule has 0 saturated carbocycles. The van der Waals surface area contributed by atoms with Crippen LogP contribution >= 0.6 is 11.6 Å². The number of carbonyl (C=O) groups excluding carboxylic acids is 1. The van der Waals surface area contributed by atoms with Gasteiger partial charge in [0.25, 0.3) is 0 Å². The number of amides is 1. The van der Waals surface area contributed by atoms with E-state index in [9.17, 15) is 9.90 Å². The van der Waals surface area contributed by atoms with Gasteiger partial charge in [-0.15, -0.1) is 0 Å². The monoisotopic (exact) mass is 242 g/mol. The molecule has 1 aromatic rings. The van der Waals surface area contributed by atoms with Crippen molar-refractivity contribution >= 4 is 17.5 Å². The fourth-order valence-electron chi connectivity index (χ4n) is 1.26. The van der Waals surface area contributed by atoms with Crippen LogP contribution in [0.2, 0.25) is 5.02 Å². The van der Waals surface area contributed by atoms with Crippen molar-refractivity contribution in [1.29, 1.82) is 0 Å². The number of rotatable bonds is 4. The summed E-state index contributed by atoms with van der Waals surface area (Å²) in [5, 5.41) is 12.4. The summed E-state index contributed by atoms with van der Waals surface area (Å²) in [6.45, 7) is 2.19. The predicted octanol–water partition coefficient (Wildman–Crippen LogP) is 1.32. The van der Waals surface area contributed by atoms with Crippen molar-refractivity contribution in [3.05, 3.63) is 34.3 Å². The Labute approximate surface area is 99.4 Å². The molecule has 0 aliphatic heterocycles. The first kappa shape index (κ1) is 13.0. The zero-order valence-electron chi connectivity index (χ0n) is 9.03. The lowest BCUT2D eigenvalue weighted by Crippen LogP contribution is -2.21. The zero-order chi connectivity index (χ0) is 12.1. The molecule has 88 valence electrons. The number of halogens is 1. The number of aliphatic hydroxyl groups is 1. The standard InChI is InChI=1S/C11H15ClN2O2/c1-2-10(15)14-6-7-3-4-9(12)8(5-7)11(13)16/h3-5,11,16H,2,6,13H2,1H3,(H,14,15). The average molecular weight is 243 g/mol. The highest BCUT2D eigenvalue weighted by Gasteiger charge is 2.08. The Hall–Kier alpha value is -1.10. The lowest BCUT2D eigenvalue weighted by molar-refractivity contribution is -0.120. The summed E-state index contributed by atoms with van der Waals surface area (Å²) in [6, 6.07) is 5.12. The molecule has 1 unspecified atom stereocenters. The molecule has 0 aliphatic rings. The van der Waals surface area contributed by atoms with E-state index in [1.165, 1.54) is 0 Å². The van der Waals surface area contributed by atoms with Gasteiger partial charge in [-0.25, -0.2) is 0 Å². The van der Waals surface area contributed by atoms with Gasteiger partial charge in [0.1, 0.15) is 6.23 Å². The Morgan fingerprint density at radius 2 is 2.31 bits per heavy atom. The van der Waals surface area contributed by atoms with Crippen LogP contribution in [0.15, 0.2) is 18.2 Å². The topological polar surface area (TPSA) is 75.4 Å². The number of carbonyl (C=O) groups is 1. The van der Waals surface area contributed by atoms with Crippen molar-refractivity contribution in [2.45, 2.75) is 26.1 Å². The molecule has 4 nitrogen and oxygen atoms in total. The fourth-order valence-corrected chi connectivity index (χ4v) is 1.48. The second-order valence-corrected chi connectivity index (χ2v) is 3.84. The maximum absolute atomic E-state index is 11.1. The molecule has 5 heteroatoms. The van der Waals surface area contributed by atoms with Crippen LogP contribution < -0.4 is 11.1 Å². The minimum absolute atomic E-state index is 0.0233. The van der Waals surface area contributed by atoms with Crippen LogP contribution in [0.1, 0.15) is 30.7 Å². The van der Waals surface area contributed by atoms with Gasteiger partial charge in [0.15, 0.2) is 0 Å². The molecule has 1 amide bonds. The van der Waals surface area contributed by atoms with Crippen molar-refractivity contribution in [1.82, 2.24) is 5.32 Å². The van der Waals surface area contributed by atoms with Gasteiger partial charge in [0.2, 0.25) is 5.91 Å². The van der Waals surface area contributed by atoms with E-state index in [4.69, 9.17) is 17.3 Å². The van der Waals surface area contributed by atoms with Gasteiger partial charge in [-0.05, 0) is 17.7 Å². The maximum Gasteiger partial charge on any atom is 0.219 e. The van der Waals surface area contributed by atoms with Gasteiger partial charge in [-0.2, -0.15) is 0 Å². The lowest BCUT2D eigenvalue weighted by atomic mass is 10.1. The van der Waals surface area contributed by atoms with Crippen LogP contribution in [0.5, 0.6) is 0 Å². The normalized spacial score (nSPS) is 12.2. The van der Waals surface area contributed by atoms with Crippen molar-refractivity contribution in [3.63, 3.8) is 0 Å². The van der Waals surface area contributed by atoms with Gasteiger partial charge in [0.05, 0.1) is 0 Å². The number of hydrogen-bond donors (Lipinski definition) is 3. The number of nitrogens with two attached hydrogens (primary N) is 1. The molecule has 0 heterocycles. The third-order valence-electron chi connectivity index (χ3n) is 2.19. The molecule has 0 aromatic heterocycles. The minimum Gasteiger partial charge on any atom is -0.374 e. The fraction of sp³-hybridized carbons (Fsp3) is 0.364. The molecule has 0 radical (unpaired) electrons. The van der Waals surface area contributed by atoms with E-state index in [0.29, 0.717) is 23.6 Å². The molecule has 1 atom stereocenters. The lowest BCUT2D eigenvalue weighted by Gasteiger charge is -2.10. The smallest absolute Gasteiger partial charge is 0.219 e. The molecular formula is C11H15ClN2O2. The average Bonchev–Trinajstić information content (AvgIpc) is 2.27. The van der Waals surface area contributed by atoms with Crippen molar-refractivity contribution in [2.75, 3.05) is 0 Å². The Morgan fingerprint density at radius 1 is 1.62 bits per heavy atom. The third kappa shape index (κ3) is 3.48. The second-order valence-electron chi connectivity index (χ2n) is 3.43. The maximum atomic E-state index is 11.1. The van der Waals surface area contributed by atoms with E-state index < -0.39 is 6.23 Å². The number of benzene rings is 1. The van der Waals surface area contributed by atoms with Gasteiger partial charge >= 0.3 is 0 Å². The van der Waals surface area contributed by atoms with Gasteiger partial charge in [-0.1, -0.05) is 24.6 Å². The Morgan fingerprint density at radius 3 is 2.88 bits per heavy atom. The van der Waals surface area contributed by atoms with E-state index in [-0.39, 0.29) is 5.91 Å². The molecule has 0 bridgehead atoms. The highest BCUT2D eigenvalue weighted by atomic mass is 35.5. The summed E-state index contributed by atoms with van der Waals surface area (Å²) in [6.07, 6.45) is -0.658. The van der Waals surface area contributed by atoms with Crippen LogP contribution in [0.25, 0.3) is 0 Å². The Balaban J connectivity index is 2.75. The zero-order valence-corrected chi connectivity index (χ0v) is 9.79. The summed E-state index contributed by atoms with van der Waals surface area (Å²) in [4.78, 5) is 11.1. The number of nitrogens with one attached hydrogen (secondary N) is 1. The molecule has 1 rings (SSSR count). The predicted molar refractivity (Wildman–Crippen MR) is 62.7 cm³/mol. The van der Waals surface area contributed by atoms with E-state index in [1.807, 2.05) is 0 Å². The first-order chi connectivity index (χ1) is 7.54. The van der Waals surface area contributed by atoms with E-state index in [2.05, 4.69) is 5.32 Å². The van der Waals surface area contributed by atoms with E-state index in [1.54, 1.807) is 25.1 Å². The first-order valence-electron chi connectivity index (χ1n) is 5.03. The summed E-state index contributed by atoms with van der Waals surface area (Å²) in [5.41, 5.74) is 6.66. The SMILES string of the molecule is CCC(=O)NCc1ccc(Cl)c(C(N)O)c1. The molecule has 4 N–H and O–H groups in total. The van der Waals surface area contributed by atoms with Crippen molar-refractivity contribution in [3.8, 4) is 0 Å². The molecule has 1 aromatic carbocycles. The van der Waals surface area contributed by atoms with Crippen LogP contribution in [-0.2, 0) is 11.3 Å². The van der Waals surface area contributed by atoms with E-state index in [0.717, 1.165) is 5.56 Å². The summed E-state index contributed by atoms with van der Waals surface area (Å²) in [5.74, 6) is -0.0233. The minimum atomic E-state index is -1.10. The van der Waals surface area contributed by atoms with Crippen LogP contribution in [-0.4, -0.2) is 11.0 Å². The summed E-state index contributed by atoms with van der Waals surface area (Å²) < 4.78 is 0. The van der Waals surface area contributed by atoms with Crippen molar-refractivity contribution in [2.24, 2.45) is 5.73 Å². The Kier molecular flexibility index (Phi) is 4.73. The summed E-state index contributed by atoms with van der Waals surface area (Å²) >= 11 is 5.85.